The summed E-state index contributed by atoms with van der Waals surface area (Å²) in [5.74, 6) is 1.13. The third-order valence-electron chi connectivity index (χ3n) is 3.48. The largest absolute Gasteiger partial charge is 0.493 e. The van der Waals surface area contributed by atoms with Gasteiger partial charge in [0.05, 0.1) is 38.5 Å². The van der Waals surface area contributed by atoms with Crippen LogP contribution in [0.25, 0.3) is 0 Å². The molecular weight excluding hydrogens is 294 g/mol. The zero-order valence-electron chi connectivity index (χ0n) is 12.4. The Morgan fingerprint density at radius 1 is 1.33 bits per heavy atom. The molecule has 6 nitrogen and oxygen atoms in total. The third kappa shape index (κ3) is 3.78. The first-order valence-electron chi connectivity index (χ1n) is 6.90. The molecule has 1 aliphatic rings. The van der Waals surface area contributed by atoms with E-state index in [-0.39, 0.29) is 6.04 Å². The number of nitrogens with one attached hydrogen (secondary N) is 1. The van der Waals surface area contributed by atoms with Gasteiger partial charge in [-0.25, -0.2) is 10.4 Å². The summed E-state index contributed by atoms with van der Waals surface area (Å²) in [6.07, 6.45) is 0. The summed E-state index contributed by atoms with van der Waals surface area (Å²) in [6, 6.07) is 3.66. The molecule has 1 saturated heterocycles. The summed E-state index contributed by atoms with van der Waals surface area (Å²) in [5, 5.41) is 2.63. The number of halogens is 1. The fourth-order valence-electron chi connectivity index (χ4n) is 2.34. The SMILES string of the molecule is COc1ccc(C(CN)NN2CCOCC2)c(Cl)c1OC. The standard InChI is InChI=1S/C14H22ClN3O3/c1-19-12-4-3-10(13(15)14(12)20-2)11(9-16)17-18-5-7-21-8-6-18/h3-4,11,17H,5-9,16H2,1-2H3. The first-order chi connectivity index (χ1) is 10.2. The minimum Gasteiger partial charge on any atom is -0.493 e. The molecule has 1 atom stereocenters. The lowest BCUT2D eigenvalue weighted by atomic mass is 10.1. The molecule has 118 valence electrons. The average Bonchev–Trinajstić information content (AvgIpc) is 2.53. The molecule has 0 saturated carbocycles. The van der Waals surface area contributed by atoms with Crippen LogP contribution in [0.15, 0.2) is 12.1 Å². The van der Waals surface area contributed by atoms with Gasteiger partial charge in [0.25, 0.3) is 0 Å². The lowest BCUT2D eigenvalue weighted by molar-refractivity contribution is 0.00404. The Hall–Kier alpha value is -1.05. The lowest BCUT2D eigenvalue weighted by Gasteiger charge is -2.32. The zero-order chi connectivity index (χ0) is 15.2. The van der Waals surface area contributed by atoms with E-state index in [4.69, 9.17) is 31.5 Å². The maximum Gasteiger partial charge on any atom is 0.179 e. The van der Waals surface area contributed by atoms with Gasteiger partial charge in [0.1, 0.15) is 0 Å². The van der Waals surface area contributed by atoms with Gasteiger partial charge in [0.2, 0.25) is 0 Å². The third-order valence-corrected chi connectivity index (χ3v) is 3.87. The van der Waals surface area contributed by atoms with Crippen molar-refractivity contribution in [3.63, 3.8) is 0 Å². The molecule has 0 spiro atoms. The van der Waals surface area contributed by atoms with Crippen molar-refractivity contribution in [2.24, 2.45) is 5.73 Å². The molecule has 1 fully saturated rings. The predicted molar refractivity (Wildman–Crippen MR) is 81.9 cm³/mol. The second kappa shape index (κ2) is 7.82. The van der Waals surface area contributed by atoms with Crippen molar-refractivity contribution in [3.8, 4) is 11.5 Å². The molecule has 0 aromatic heterocycles. The van der Waals surface area contributed by atoms with E-state index in [2.05, 4.69) is 10.4 Å². The van der Waals surface area contributed by atoms with Crippen molar-refractivity contribution in [1.82, 2.24) is 10.4 Å². The minimum absolute atomic E-state index is 0.0876. The molecule has 1 aromatic rings. The van der Waals surface area contributed by atoms with Crippen molar-refractivity contribution in [2.75, 3.05) is 47.1 Å². The Kier molecular flexibility index (Phi) is 6.08. The van der Waals surface area contributed by atoms with E-state index in [1.807, 2.05) is 12.1 Å². The number of nitrogens with zero attached hydrogens (tertiary/aromatic N) is 1. The van der Waals surface area contributed by atoms with Crippen molar-refractivity contribution in [3.05, 3.63) is 22.7 Å². The Balaban J connectivity index is 2.20. The van der Waals surface area contributed by atoms with E-state index >= 15 is 0 Å². The normalized spacial score (nSPS) is 17.5. The molecule has 2 rings (SSSR count). The van der Waals surface area contributed by atoms with Crippen molar-refractivity contribution in [1.29, 1.82) is 0 Å². The second-order valence-corrected chi connectivity index (χ2v) is 5.10. The van der Waals surface area contributed by atoms with Gasteiger partial charge in [-0.3, -0.25) is 0 Å². The Morgan fingerprint density at radius 3 is 2.62 bits per heavy atom. The van der Waals surface area contributed by atoms with Crippen LogP contribution in [0.3, 0.4) is 0 Å². The van der Waals surface area contributed by atoms with Crippen molar-refractivity contribution < 1.29 is 14.2 Å². The number of morpholine rings is 1. The average molecular weight is 316 g/mol. The highest BCUT2D eigenvalue weighted by atomic mass is 35.5. The maximum absolute atomic E-state index is 6.44. The van der Waals surface area contributed by atoms with E-state index in [9.17, 15) is 0 Å². The number of nitrogens with two attached hydrogens (primary N) is 1. The van der Waals surface area contributed by atoms with E-state index in [1.54, 1.807) is 14.2 Å². The van der Waals surface area contributed by atoms with Crippen LogP contribution in [0.2, 0.25) is 5.02 Å². The number of ether oxygens (including phenoxy) is 3. The first kappa shape index (κ1) is 16.3. The van der Waals surface area contributed by atoms with Gasteiger partial charge in [-0.15, -0.1) is 0 Å². The fourth-order valence-corrected chi connectivity index (χ4v) is 2.70. The van der Waals surface area contributed by atoms with Gasteiger partial charge in [0, 0.05) is 19.6 Å². The fraction of sp³-hybridized carbons (Fsp3) is 0.571. The van der Waals surface area contributed by atoms with E-state index < -0.39 is 0 Å². The number of rotatable bonds is 6. The van der Waals surface area contributed by atoms with Crippen LogP contribution in [0.5, 0.6) is 11.5 Å². The molecule has 0 radical (unpaired) electrons. The topological polar surface area (TPSA) is 69.0 Å². The van der Waals surface area contributed by atoms with Crippen LogP contribution in [0, 0.1) is 0 Å². The monoisotopic (exact) mass is 315 g/mol. The smallest absolute Gasteiger partial charge is 0.179 e. The van der Waals surface area contributed by atoms with E-state index in [1.165, 1.54) is 0 Å². The number of hydrazine groups is 1. The second-order valence-electron chi connectivity index (χ2n) is 4.72. The van der Waals surface area contributed by atoms with Gasteiger partial charge in [-0.2, -0.15) is 0 Å². The van der Waals surface area contributed by atoms with Crippen LogP contribution in [0.1, 0.15) is 11.6 Å². The molecular formula is C14H22ClN3O3. The van der Waals surface area contributed by atoms with Crippen LogP contribution in [-0.2, 0) is 4.74 Å². The molecule has 1 aliphatic heterocycles. The highest BCUT2D eigenvalue weighted by Crippen LogP contribution is 2.39. The highest BCUT2D eigenvalue weighted by Gasteiger charge is 2.22. The molecule has 1 aromatic carbocycles. The van der Waals surface area contributed by atoms with Gasteiger partial charge in [0.15, 0.2) is 11.5 Å². The predicted octanol–water partition coefficient (Wildman–Crippen LogP) is 1.19. The molecule has 0 bridgehead atoms. The summed E-state index contributed by atoms with van der Waals surface area (Å²) in [4.78, 5) is 0. The van der Waals surface area contributed by atoms with E-state index in [0.29, 0.717) is 36.3 Å². The van der Waals surface area contributed by atoms with Gasteiger partial charge in [-0.1, -0.05) is 17.7 Å². The van der Waals surface area contributed by atoms with Crippen molar-refractivity contribution in [2.45, 2.75) is 6.04 Å². The molecule has 0 amide bonds. The molecule has 0 aliphatic carbocycles. The van der Waals surface area contributed by atoms with Crippen LogP contribution < -0.4 is 20.6 Å². The lowest BCUT2D eigenvalue weighted by Crippen LogP contribution is -2.48. The Labute approximate surface area is 130 Å². The van der Waals surface area contributed by atoms with Crippen molar-refractivity contribution >= 4 is 11.6 Å². The Bertz CT molecular complexity index is 467. The van der Waals surface area contributed by atoms with Gasteiger partial charge >= 0.3 is 0 Å². The zero-order valence-corrected chi connectivity index (χ0v) is 13.2. The van der Waals surface area contributed by atoms with Crippen LogP contribution >= 0.6 is 11.6 Å². The summed E-state index contributed by atoms with van der Waals surface area (Å²) < 4.78 is 15.9. The molecule has 1 heterocycles. The van der Waals surface area contributed by atoms with Gasteiger partial charge < -0.3 is 19.9 Å². The molecule has 21 heavy (non-hydrogen) atoms. The summed E-state index contributed by atoms with van der Waals surface area (Å²) in [5.41, 5.74) is 10.2. The Morgan fingerprint density at radius 2 is 2.05 bits per heavy atom. The van der Waals surface area contributed by atoms with Crippen LogP contribution in [-0.4, -0.2) is 52.1 Å². The van der Waals surface area contributed by atoms with Gasteiger partial charge in [-0.05, 0) is 11.6 Å². The number of hydrogen-bond donors (Lipinski definition) is 2. The number of hydrogen-bond acceptors (Lipinski definition) is 6. The molecule has 7 heteroatoms. The number of benzene rings is 1. The number of methoxy groups -OCH3 is 2. The summed E-state index contributed by atoms with van der Waals surface area (Å²) >= 11 is 6.44. The highest BCUT2D eigenvalue weighted by molar-refractivity contribution is 6.33. The van der Waals surface area contributed by atoms with E-state index in [0.717, 1.165) is 18.7 Å². The van der Waals surface area contributed by atoms with Crippen LogP contribution in [0.4, 0.5) is 0 Å². The minimum atomic E-state index is -0.0876. The maximum atomic E-state index is 6.44. The molecule has 3 N–H and O–H groups in total. The first-order valence-corrected chi connectivity index (χ1v) is 7.28. The summed E-state index contributed by atoms with van der Waals surface area (Å²) in [6.45, 7) is 3.49. The summed E-state index contributed by atoms with van der Waals surface area (Å²) in [7, 11) is 3.15. The molecule has 1 unspecified atom stereocenters. The quantitative estimate of drug-likeness (QED) is 0.822.